The fourth-order valence-corrected chi connectivity index (χ4v) is 1.57. The van der Waals surface area contributed by atoms with Gasteiger partial charge in [0.2, 0.25) is 0 Å². The molecule has 1 N–H and O–H groups in total. The van der Waals surface area contributed by atoms with Crippen LogP contribution in [0.25, 0.3) is 11.1 Å². The van der Waals surface area contributed by atoms with Crippen molar-refractivity contribution >= 4 is 11.8 Å². The summed E-state index contributed by atoms with van der Waals surface area (Å²) < 4.78 is 4.59. The Morgan fingerprint density at radius 2 is 1.88 bits per heavy atom. The van der Waals surface area contributed by atoms with Gasteiger partial charge in [-0.05, 0) is 17.7 Å². The third kappa shape index (κ3) is 2.64. The van der Waals surface area contributed by atoms with Crippen LogP contribution in [0, 0.1) is 6.07 Å². The van der Waals surface area contributed by atoms with Gasteiger partial charge in [0.25, 0.3) is 0 Å². The van der Waals surface area contributed by atoms with Crippen LogP contribution < -0.4 is 5.32 Å². The van der Waals surface area contributed by atoms with E-state index in [1.54, 1.807) is 0 Å². The van der Waals surface area contributed by atoms with Crippen molar-refractivity contribution in [1.82, 2.24) is 0 Å². The van der Waals surface area contributed by atoms with Crippen molar-refractivity contribution in [2.45, 2.75) is 0 Å². The summed E-state index contributed by atoms with van der Waals surface area (Å²) in [5, 5.41) is 2.69. The van der Waals surface area contributed by atoms with Crippen LogP contribution in [-0.4, -0.2) is 13.2 Å². The number of ether oxygens (including phenoxy) is 1. The number of benzene rings is 2. The van der Waals surface area contributed by atoms with Crippen molar-refractivity contribution in [3.63, 3.8) is 0 Å². The van der Waals surface area contributed by atoms with E-state index < -0.39 is 6.09 Å². The van der Waals surface area contributed by atoms with Gasteiger partial charge in [-0.25, -0.2) is 4.79 Å². The molecular formula is C14H12NO2. The summed E-state index contributed by atoms with van der Waals surface area (Å²) in [4.78, 5) is 11.2. The summed E-state index contributed by atoms with van der Waals surface area (Å²) in [6.07, 6.45) is -0.472. The average Bonchev–Trinajstić information content (AvgIpc) is 2.40. The molecule has 2 rings (SSSR count). The van der Waals surface area contributed by atoms with E-state index in [0.717, 1.165) is 16.8 Å². The highest BCUT2D eigenvalue weighted by Crippen LogP contribution is 2.27. The number of anilines is 1. The second-order valence-corrected chi connectivity index (χ2v) is 3.45. The average molecular weight is 226 g/mol. The minimum atomic E-state index is -0.472. The highest BCUT2D eigenvalue weighted by Gasteiger charge is 2.07. The Balaban J connectivity index is 2.38. The van der Waals surface area contributed by atoms with Gasteiger partial charge in [0, 0.05) is 5.56 Å². The van der Waals surface area contributed by atoms with Crippen molar-refractivity contribution in [3.8, 4) is 11.1 Å². The maximum absolute atomic E-state index is 11.2. The van der Waals surface area contributed by atoms with E-state index >= 15 is 0 Å². The number of hydrogen-bond donors (Lipinski definition) is 1. The van der Waals surface area contributed by atoms with Gasteiger partial charge in [0.1, 0.15) is 0 Å². The fraction of sp³-hybridized carbons (Fsp3) is 0.0714. The summed E-state index contributed by atoms with van der Waals surface area (Å²) in [7, 11) is 1.34. The van der Waals surface area contributed by atoms with Crippen LogP contribution in [-0.2, 0) is 4.74 Å². The summed E-state index contributed by atoms with van der Waals surface area (Å²) in [5.74, 6) is 0. The molecule has 0 bridgehead atoms. The zero-order valence-electron chi connectivity index (χ0n) is 9.44. The third-order valence-electron chi connectivity index (χ3n) is 2.38. The lowest BCUT2D eigenvalue weighted by Gasteiger charge is -2.10. The van der Waals surface area contributed by atoms with Crippen LogP contribution >= 0.6 is 0 Å². The maximum Gasteiger partial charge on any atom is 0.411 e. The predicted octanol–water partition coefficient (Wildman–Crippen LogP) is 3.33. The lowest BCUT2D eigenvalue weighted by Crippen LogP contribution is -2.11. The number of hydrogen-bond acceptors (Lipinski definition) is 2. The maximum atomic E-state index is 11.2. The molecule has 2 aromatic rings. The number of carbonyl (C=O) groups is 1. The summed E-state index contributed by atoms with van der Waals surface area (Å²) in [5.41, 5.74) is 2.70. The Bertz CT molecular complexity index is 509. The first-order valence-corrected chi connectivity index (χ1v) is 5.22. The van der Waals surface area contributed by atoms with Crippen LogP contribution in [0.5, 0.6) is 0 Å². The standard InChI is InChI=1S/C14H12NO2/c1-17-14(16)15-13-10-6-5-9-12(13)11-7-3-2-4-8-11/h3-10H,1H3,(H,15,16). The van der Waals surface area contributed by atoms with E-state index in [2.05, 4.69) is 16.1 Å². The molecule has 0 atom stereocenters. The third-order valence-corrected chi connectivity index (χ3v) is 2.38. The number of carbonyl (C=O) groups excluding carboxylic acids is 1. The lowest BCUT2D eigenvalue weighted by molar-refractivity contribution is 0.187. The molecule has 0 aromatic heterocycles. The molecule has 1 amide bonds. The van der Waals surface area contributed by atoms with Gasteiger partial charge in [-0.3, -0.25) is 5.32 Å². The number of methoxy groups -OCH3 is 1. The van der Waals surface area contributed by atoms with E-state index in [4.69, 9.17) is 0 Å². The molecular weight excluding hydrogens is 214 g/mol. The first-order chi connectivity index (χ1) is 8.31. The van der Waals surface area contributed by atoms with Gasteiger partial charge in [-0.15, -0.1) is 0 Å². The zero-order chi connectivity index (χ0) is 12.1. The van der Waals surface area contributed by atoms with Gasteiger partial charge in [-0.2, -0.15) is 0 Å². The molecule has 0 heterocycles. The summed E-state index contributed by atoms with van der Waals surface area (Å²) in [6.45, 7) is 0. The fourth-order valence-electron chi connectivity index (χ4n) is 1.57. The smallest absolute Gasteiger partial charge is 0.411 e. The highest BCUT2D eigenvalue weighted by molar-refractivity contribution is 5.91. The lowest BCUT2D eigenvalue weighted by atomic mass is 10.0. The van der Waals surface area contributed by atoms with E-state index in [0.29, 0.717) is 0 Å². The molecule has 0 aliphatic heterocycles. The Labute approximate surface area is 100 Å². The molecule has 0 saturated heterocycles. The van der Waals surface area contributed by atoms with Gasteiger partial charge in [0.05, 0.1) is 12.8 Å². The van der Waals surface area contributed by atoms with Gasteiger partial charge in [-0.1, -0.05) is 42.5 Å². The molecule has 3 heteroatoms. The molecule has 0 unspecified atom stereocenters. The SMILES string of the molecule is COC(=O)Nc1ccccc1-c1cc[c]cc1. The summed E-state index contributed by atoms with van der Waals surface area (Å²) >= 11 is 0. The number of para-hydroxylation sites is 1. The van der Waals surface area contributed by atoms with Crippen LogP contribution in [0.2, 0.25) is 0 Å². The van der Waals surface area contributed by atoms with E-state index in [9.17, 15) is 4.79 Å². The second kappa shape index (κ2) is 5.16. The van der Waals surface area contributed by atoms with Crippen LogP contribution in [0.15, 0.2) is 48.5 Å². The molecule has 3 nitrogen and oxygen atoms in total. The van der Waals surface area contributed by atoms with Crippen molar-refractivity contribution in [3.05, 3.63) is 54.6 Å². The molecule has 17 heavy (non-hydrogen) atoms. The molecule has 0 aliphatic rings. The number of nitrogens with one attached hydrogen (secondary N) is 1. The largest absolute Gasteiger partial charge is 0.453 e. The van der Waals surface area contributed by atoms with Gasteiger partial charge in [0.15, 0.2) is 0 Å². The normalized spacial score (nSPS) is 9.71. The van der Waals surface area contributed by atoms with E-state index in [1.165, 1.54) is 7.11 Å². The first kappa shape index (κ1) is 11.2. The van der Waals surface area contributed by atoms with Crippen molar-refractivity contribution in [1.29, 1.82) is 0 Å². The van der Waals surface area contributed by atoms with Crippen LogP contribution in [0.1, 0.15) is 0 Å². The van der Waals surface area contributed by atoms with Crippen molar-refractivity contribution in [2.75, 3.05) is 12.4 Å². The quantitative estimate of drug-likeness (QED) is 0.852. The molecule has 85 valence electrons. The van der Waals surface area contributed by atoms with Gasteiger partial charge >= 0.3 is 6.09 Å². The zero-order valence-corrected chi connectivity index (χ0v) is 9.44. The number of rotatable bonds is 2. The molecule has 0 spiro atoms. The predicted molar refractivity (Wildman–Crippen MR) is 66.7 cm³/mol. The molecule has 2 aromatic carbocycles. The monoisotopic (exact) mass is 226 g/mol. The van der Waals surface area contributed by atoms with Crippen molar-refractivity contribution < 1.29 is 9.53 Å². The van der Waals surface area contributed by atoms with Crippen LogP contribution in [0.4, 0.5) is 10.5 Å². The Morgan fingerprint density at radius 1 is 1.18 bits per heavy atom. The van der Waals surface area contributed by atoms with E-state index in [1.807, 2.05) is 48.5 Å². The Kier molecular flexibility index (Phi) is 3.40. The highest BCUT2D eigenvalue weighted by atomic mass is 16.5. The first-order valence-electron chi connectivity index (χ1n) is 5.22. The Morgan fingerprint density at radius 3 is 2.59 bits per heavy atom. The second-order valence-electron chi connectivity index (χ2n) is 3.45. The van der Waals surface area contributed by atoms with Crippen molar-refractivity contribution in [2.24, 2.45) is 0 Å². The Hall–Kier alpha value is -2.29. The molecule has 0 saturated carbocycles. The topological polar surface area (TPSA) is 38.3 Å². The molecule has 0 fully saturated rings. The number of amides is 1. The van der Waals surface area contributed by atoms with Crippen LogP contribution in [0.3, 0.4) is 0 Å². The minimum absolute atomic E-state index is 0.472. The van der Waals surface area contributed by atoms with Gasteiger partial charge < -0.3 is 4.74 Å². The van der Waals surface area contributed by atoms with E-state index in [-0.39, 0.29) is 0 Å². The summed E-state index contributed by atoms with van der Waals surface area (Å²) in [6, 6.07) is 18.1. The molecule has 1 radical (unpaired) electrons. The minimum Gasteiger partial charge on any atom is -0.453 e. The molecule has 0 aliphatic carbocycles.